The minimum absolute atomic E-state index is 0.0792. The van der Waals surface area contributed by atoms with Gasteiger partial charge in [-0.25, -0.2) is 8.42 Å². The summed E-state index contributed by atoms with van der Waals surface area (Å²) in [7, 11) is -1.27. The number of hydrogen-bond acceptors (Lipinski definition) is 6. The molecule has 0 bridgehead atoms. The van der Waals surface area contributed by atoms with Gasteiger partial charge >= 0.3 is 0 Å². The van der Waals surface area contributed by atoms with Gasteiger partial charge in [0.25, 0.3) is 0 Å². The molecule has 2 fully saturated rings. The van der Waals surface area contributed by atoms with Crippen molar-refractivity contribution in [1.29, 1.82) is 0 Å². The van der Waals surface area contributed by atoms with Crippen LogP contribution in [0.15, 0.2) is 12.4 Å². The predicted octanol–water partition coefficient (Wildman–Crippen LogP) is -0.167. The fraction of sp³-hybridized carbons (Fsp3) is 0.800. The Balaban J connectivity index is 1.72. The lowest BCUT2D eigenvalue weighted by molar-refractivity contribution is 0.0252. The van der Waals surface area contributed by atoms with Gasteiger partial charge in [0.15, 0.2) is 9.84 Å². The number of fused-ring (bicyclic) bond motifs is 1. The fourth-order valence-corrected chi connectivity index (χ4v) is 5.72. The van der Waals surface area contributed by atoms with Crippen LogP contribution in [0.4, 0.5) is 0 Å². The quantitative estimate of drug-likeness (QED) is 0.715. The van der Waals surface area contributed by atoms with Gasteiger partial charge in [0.2, 0.25) is 0 Å². The van der Waals surface area contributed by atoms with Crippen LogP contribution in [0.3, 0.4) is 0 Å². The molecular weight excluding hydrogens is 316 g/mol. The summed E-state index contributed by atoms with van der Waals surface area (Å²) in [6.45, 7) is 6.91. The Bertz CT molecular complexity index is 630. The normalized spacial score (nSPS) is 28.1. The highest BCUT2D eigenvalue weighted by Crippen LogP contribution is 2.28. The van der Waals surface area contributed by atoms with Crippen molar-refractivity contribution >= 4 is 9.84 Å². The van der Waals surface area contributed by atoms with Gasteiger partial charge in [-0.3, -0.25) is 14.5 Å². The molecule has 2 saturated heterocycles. The lowest BCUT2D eigenvalue weighted by atomic mass is 10.0. The van der Waals surface area contributed by atoms with Crippen molar-refractivity contribution in [3.63, 3.8) is 0 Å². The maximum absolute atomic E-state index is 12.2. The minimum atomic E-state index is -2.96. The molecule has 0 unspecified atom stereocenters. The lowest BCUT2D eigenvalue weighted by Crippen LogP contribution is -2.59. The summed E-state index contributed by atoms with van der Waals surface area (Å²) in [6.07, 6.45) is 3.94. The molecule has 23 heavy (non-hydrogen) atoms. The van der Waals surface area contributed by atoms with Crippen molar-refractivity contribution in [2.75, 3.05) is 44.9 Å². The molecule has 2 atom stereocenters. The highest BCUT2D eigenvalue weighted by molar-refractivity contribution is 7.91. The average molecular weight is 342 g/mol. The van der Waals surface area contributed by atoms with Gasteiger partial charge in [0, 0.05) is 63.7 Å². The van der Waals surface area contributed by atoms with E-state index in [1.807, 2.05) is 10.9 Å². The smallest absolute Gasteiger partial charge is 0.153 e. The second kappa shape index (κ2) is 6.88. The molecule has 0 amide bonds. The Labute approximate surface area is 138 Å². The van der Waals surface area contributed by atoms with Crippen LogP contribution < -0.4 is 0 Å². The van der Waals surface area contributed by atoms with Gasteiger partial charge < -0.3 is 4.74 Å². The summed E-state index contributed by atoms with van der Waals surface area (Å²) in [4.78, 5) is 4.60. The van der Waals surface area contributed by atoms with E-state index in [-0.39, 0.29) is 23.6 Å². The Morgan fingerprint density at radius 2 is 1.96 bits per heavy atom. The molecule has 0 aliphatic carbocycles. The maximum Gasteiger partial charge on any atom is 0.153 e. The van der Waals surface area contributed by atoms with Gasteiger partial charge in [-0.05, 0) is 6.92 Å². The van der Waals surface area contributed by atoms with Gasteiger partial charge in [0.1, 0.15) is 0 Å². The fourth-order valence-electron chi connectivity index (χ4n) is 3.67. The third-order valence-corrected chi connectivity index (χ3v) is 6.58. The molecule has 2 aliphatic heterocycles. The third-order valence-electron chi connectivity index (χ3n) is 4.89. The van der Waals surface area contributed by atoms with E-state index >= 15 is 0 Å². The van der Waals surface area contributed by atoms with Crippen LogP contribution in [0.25, 0.3) is 0 Å². The van der Waals surface area contributed by atoms with Gasteiger partial charge in [0.05, 0.1) is 24.3 Å². The van der Waals surface area contributed by atoms with Gasteiger partial charge in [-0.2, -0.15) is 5.10 Å². The van der Waals surface area contributed by atoms with Crippen molar-refractivity contribution < 1.29 is 13.2 Å². The molecule has 3 rings (SSSR count). The van der Waals surface area contributed by atoms with E-state index < -0.39 is 9.84 Å². The minimum Gasteiger partial charge on any atom is -0.383 e. The summed E-state index contributed by atoms with van der Waals surface area (Å²) in [5.74, 6) is 0.537. The number of sulfone groups is 1. The first-order valence-electron chi connectivity index (χ1n) is 8.21. The first kappa shape index (κ1) is 16.9. The number of piperazine rings is 1. The molecule has 8 heteroatoms. The van der Waals surface area contributed by atoms with Crippen molar-refractivity contribution in [1.82, 2.24) is 19.6 Å². The van der Waals surface area contributed by atoms with Crippen molar-refractivity contribution in [3.05, 3.63) is 18.0 Å². The second-order valence-electron chi connectivity index (χ2n) is 6.42. The van der Waals surface area contributed by atoms with E-state index in [4.69, 9.17) is 4.74 Å². The van der Waals surface area contributed by atoms with Crippen molar-refractivity contribution in [3.8, 4) is 0 Å². The topological polar surface area (TPSA) is 67.7 Å². The highest BCUT2D eigenvalue weighted by atomic mass is 32.2. The van der Waals surface area contributed by atoms with Crippen LogP contribution in [0.1, 0.15) is 12.5 Å². The van der Waals surface area contributed by atoms with E-state index in [0.29, 0.717) is 6.61 Å². The number of aryl methyl sites for hydroxylation is 1. The van der Waals surface area contributed by atoms with E-state index in [9.17, 15) is 8.42 Å². The summed E-state index contributed by atoms with van der Waals surface area (Å²) < 4.78 is 31.4. The maximum atomic E-state index is 12.2. The molecule has 0 N–H and O–H groups in total. The third kappa shape index (κ3) is 3.76. The van der Waals surface area contributed by atoms with Crippen LogP contribution in [0.2, 0.25) is 0 Å². The van der Waals surface area contributed by atoms with Crippen molar-refractivity contribution in [2.24, 2.45) is 0 Å². The highest BCUT2D eigenvalue weighted by Gasteiger charge is 2.46. The zero-order chi connectivity index (χ0) is 16.4. The molecule has 0 radical (unpaired) electrons. The SMILES string of the molecule is CCn1cc(CN2CCN(CCOC)[C@@H]3CS(=O)(=O)C[C@@H]32)cn1. The Hall–Kier alpha value is -0.960. The average Bonchev–Trinajstić information content (AvgIpc) is 3.09. The zero-order valence-corrected chi connectivity index (χ0v) is 14.7. The van der Waals surface area contributed by atoms with Crippen LogP contribution in [0, 0.1) is 0 Å². The first-order chi connectivity index (χ1) is 11.0. The zero-order valence-electron chi connectivity index (χ0n) is 13.9. The van der Waals surface area contributed by atoms with Crippen LogP contribution in [0.5, 0.6) is 0 Å². The summed E-state index contributed by atoms with van der Waals surface area (Å²) in [6, 6.07) is 0.167. The molecule has 7 nitrogen and oxygen atoms in total. The molecule has 0 spiro atoms. The van der Waals surface area contributed by atoms with E-state index in [0.717, 1.165) is 38.3 Å². The molecule has 0 aromatic carbocycles. The number of hydrogen-bond donors (Lipinski definition) is 0. The summed E-state index contributed by atoms with van der Waals surface area (Å²) >= 11 is 0. The van der Waals surface area contributed by atoms with Crippen LogP contribution in [-0.2, 0) is 27.7 Å². The largest absolute Gasteiger partial charge is 0.383 e. The van der Waals surface area contributed by atoms with E-state index in [1.54, 1.807) is 7.11 Å². The Morgan fingerprint density at radius 1 is 1.26 bits per heavy atom. The van der Waals surface area contributed by atoms with Crippen molar-refractivity contribution in [2.45, 2.75) is 32.1 Å². The van der Waals surface area contributed by atoms with Crippen LogP contribution >= 0.6 is 0 Å². The molecular formula is C15H26N4O3S. The molecule has 130 valence electrons. The number of nitrogens with zero attached hydrogens (tertiary/aromatic N) is 4. The molecule has 3 heterocycles. The summed E-state index contributed by atoms with van der Waals surface area (Å²) in [5.41, 5.74) is 1.15. The number of aromatic nitrogens is 2. The van der Waals surface area contributed by atoms with Gasteiger partial charge in [-0.15, -0.1) is 0 Å². The molecule has 1 aromatic rings. The molecule has 1 aromatic heterocycles. The lowest BCUT2D eigenvalue weighted by Gasteiger charge is -2.43. The second-order valence-corrected chi connectivity index (χ2v) is 8.57. The predicted molar refractivity (Wildman–Crippen MR) is 88.0 cm³/mol. The number of methoxy groups -OCH3 is 1. The Kier molecular flexibility index (Phi) is 5.05. The standard InChI is InChI=1S/C15H26N4O3S/c1-3-19-10-13(8-16-19)9-18-5-4-17(6-7-22-2)14-11-23(20,21)12-15(14)18/h8,10,14-15H,3-7,9,11-12H2,1-2H3/t14-,15+/m1/s1. The molecule has 2 aliphatic rings. The number of rotatable bonds is 6. The van der Waals surface area contributed by atoms with Crippen LogP contribution in [-0.4, -0.2) is 84.9 Å². The monoisotopic (exact) mass is 342 g/mol. The number of ether oxygens (including phenoxy) is 1. The Morgan fingerprint density at radius 3 is 2.61 bits per heavy atom. The van der Waals surface area contributed by atoms with Gasteiger partial charge in [-0.1, -0.05) is 0 Å². The molecule has 0 saturated carbocycles. The van der Waals surface area contributed by atoms with E-state index in [1.165, 1.54) is 0 Å². The van der Waals surface area contributed by atoms with E-state index in [2.05, 4.69) is 28.0 Å². The summed E-state index contributed by atoms with van der Waals surface area (Å²) in [5, 5.41) is 4.31. The first-order valence-corrected chi connectivity index (χ1v) is 10.0.